The van der Waals surface area contributed by atoms with Crippen molar-refractivity contribution in [3.05, 3.63) is 72.9 Å². The number of carbonyl (C=O) groups excluding carboxylic acids is 1. The fourth-order valence-corrected chi connectivity index (χ4v) is 4.80. The zero-order valence-corrected chi connectivity index (χ0v) is 29.4. The lowest BCUT2D eigenvalue weighted by molar-refractivity contribution is -0.154. The predicted octanol–water partition coefficient (Wildman–Crippen LogP) is 11.9. The first-order valence-corrected chi connectivity index (χ1v) is 18.5. The van der Waals surface area contributed by atoms with E-state index in [4.69, 9.17) is 9.47 Å². The maximum atomic E-state index is 12.1. The molecule has 0 aliphatic carbocycles. The van der Waals surface area contributed by atoms with Gasteiger partial charge in [-0.3, -0.25) is 4.79 Å². The first kappa shape index (κ1) is 42.8. The van der Waals surface area contributed by atoms with Crippen LogP contribution in [0.15, 0.2) is 72.9 Å². The summed E-state index contributed by atoms with van der Waals surface area (Å²) in [4.78, 5) is 12.1. The van der Waals surface area contributed by atoms with Gasteiger partial charge in [0.05, 0.1) is 13.2 Å². The average Bonchev–Trinajstić information content (AvgIpc) is 3.05. The molecule has 0 aliphatic rings. The smallest absolute Gasteiger partial charge is 0.306 e. The van der Waals surface area contributed by atoms with E-state index >= 15 is 0 Å². The summed E-state index contributed by atoms with van der Waals surface area (Å²) in [6.45, 7) is 5.18. The maximum Gasteiger partial charge on any atom is 0.306 e. The minimum atomic E-state index is -0.541. The van der Waals surface area contributed by atoms with Crippen LogP contribution in [-0.4, -0.2) is 37.0 Å². The van der Waals surface area contributed by atoms with Gasteiger partial charge in [0.1, 0.15) is 6.10 Å². The number of hydrogen-bond acceptors (Lipinski definition) is 4. The molecule has 258 valence electrons. The van der Waals surface area contributed by atoms with Gasteiger partial charge in [0.25, 0.3) is 0 Å². The molecule has 0 spiro atoms. The van der Waals surface area contributed by atoms with Crippen molar-refractivity contribution in [1.29, 1.82) is 0 Å². The van der Waals surface area contributed by atoms with Gasteiger partial charge >= 0.3 is 5.97 Å². The number of aliphatic hydroxyl groups excluding tert-OH is 1. The molecule has 1 atom stereocenters. The van der Waals surface area contributed by atoms with Crippen LogP contribution >= 0.6 is 0 Å². The summed E-state index contributed by atoms with van der Waals surface area (Å²) < 4.78 is 11.0. The largest absolute Gasteiger partial charge is 0.457 e. The lowest BCUT2D eigenvalue weighted by atomic mass is 10.1. The molecule has 0 fully saturated rings. The molecule has 4 heteroatoms. The normalized spacial score (nSPS) is 13.2. The number of esters is 1. The molecule has 0 radical (unpaired) electrons. The second kappa shape index (κ2) is 38.0. The van der Waals surface area contributed by atoms with Crippen molar-refractivity contribution < 1.29 is 19.4 Å². The van der Waals surface area contributed by atoms with Crippen molar-refractivity contribution in [3.63, 3.8) is 0 Å². The first-order chi connectivity index (χ1) is 22.2. The molecule has 0 aliphatic heterocycles. The van der Waals surface area contributed by atoms with Gasteiger partial charge in [0.15, 0.2) is 0 Å². The Balaban J connectivity index is 3.54. The second-order valence-electron chi connectivity index (χ2n) is 11.9. The highest BCUT2D eigenvalue weighted by Gasteiger charge is 2.13. The van der Waals surface area contributed by atoms with Gasteiger partial charge in [-0.25, -0.2) is 0 Å². The Labute approximate surface area is 278 Å². The van der Waals surface area contributed by atoms with E-state index in [2.05, 4.69) is 86.8 Å². The molecule has 0 aromatic rings. The lowest BCUT2D eigenvalue weighted by Crippen LogP contribution is -2.27. The molecule has 1 N–H and O–H groups in total. The summed E-state index contributed by atoms with van der Waals surface area (Å²) in [6, 6.07) is 0. The number of unbranched alkanes of at least 4 members (excludes halogenated alkanes) is 13. The Morgan fingerprint density at radius 3 is 1.51 bits per heavy atom. The van der Waals surface area contributed by atoms with E-state index in [0.29, 0.717) is 13.0 Å². The molecule has 4 nitrogen and oxygen atoms in total. The number of rotatable bonds is 33. The number of ether oxygens (including phenoxy) is 2. The summed E-state index contributed by atoms with van der Waals surface area (Å²) in [7, 11) is 0. The molecule has 1 unspecified atom stereocenters. The third-order valence-electron chi connectivity index (χ3n) is 7.55. The van der Waals surface area contributed by atoms with Gasteiger partial charge in [-0.2, -0.15) is 0 Å². The Morgan fingerprint density at radius 2 is 1.00 bits per heavy atom. The van der Waals surface area contributed by atoms with Gasteiger partial charge in [-0.05, 0) is 64.2 Å². The maximum absolute atomic E-state index is 12.1. The molecular weight excluding hydrogens is 556 g/mol. The van der Waals surface area contributed by atoms with E-state index in [-0.39, 0.29) is 19.2 Å². The van der Waals surface area contributed by atoms with Crippen LogP contribution in [0.25, 0.3) is 0 Å². The Hall–Kier alpha value is -2.17. The Bertz CT molecular complexity index is 789. The van der Waals surface area contributed by atoms with E-state index in [1.54, 1.807) is 0 Å². The fraction of sp³-hybridized carbons (Fsp3) is 0.683. The number of hydrogen-bond donors (Lipinski definition) is 1. The van der Waals surface area contributed by atoms with Crippen LogP contribution < -0.4 is 0 Å². The summed E-state index contributed by atoms with van der Waals surface area (Å²) in [5.41, 5.74) is 0. The first-order valence-electron chi connectivity index (χ1n) is 18.5. The lowest BCUT2D eigenvalue weighted by Gasteiger charge is -2.15. The van der Waals surface area contributed by atoms with Crippen LogP contribution in [0.4, 0.5) is 0 Å². The zero-order valence-electron chi connectivity index (χ0n) is 29.4. The number of carbonyl (C=O) groups is 1. The van der Waals surface area contributed by atoms with Gasteiger partial charge in [0, 0.05) is 13.0 Å². The summed E-state index contributed by atoms with van der Waals surface area (Å²) in [6.07, 6.45) is 50.9. The topological polar surface area (TPSA) is 55.8 Å². The highest BCUT2D eigenvalue weighted by atomic mass is 16.6. The molecule has 0 saturated carbocycles. The Kier molecular flexibility index (Phi) is 36.2. The van der Waals surface area contributed by atoms with Gasteiger partial charge in [0.2, 0.25) is 0 Å². The second-order valence-corrected chi connectivity index (χ2v) is 11.9. The van der Waals surface area contributed by atoms with Crippen molar-refractivity contribution in [3.8, 4) is 0 Å². The highest BCUT2D eigenvalue weighted by molar-refractivity contribution is 5.69. The molecule has 0 rings (SSSR count). The van der Waals surface area contributed by atoms with Crippen molar-refractivity contribution >= 4 is 5.97 Å². The molecule has 45 heavy (non-hydrogen) atoms. The molecular formula is C41H70O4. The quantitative estimate of drug-likeness (QED) is 0.0447. The van der Waals surface area contributed by atoms with Gasteiger partial charge in [-0.1, -0.05) is 157 Å². The standard InChI is InChI=1S/C41H70O4/c1-3-5-7-9-11-13-14-15-16-17-18-19-20-21-22-23-24-25-26-27-28-29-30-32-34-36-41(43)45-40(38-42)39-44-37-35-33-31-12-10-8-6-4-2/h5,7,11,13,15-16,18-19,21-22,24-25,40,42H,3-4,6,8-10,12,14,17,20,23,26-39H2,1-2H3/b7-5-,13-11-,16-15-,19-18-,22-21-,25-24-. The molecule has 0 saturated heterocycles. The zero-order chi connectivity index (χ0) is 32.7. The minimum Gasteiger partial charge on any atom is -0.457 e. The van der Waals surface area contributed by atoms with E-state index in [1.807, 2.05) is 0 Å². The molecule has 0 bridgehead atoms. The van der Waals surface area contributed by atoms with Crippen LogP contribution in [0.2, 0.25) is 0 Å². The van der Waals surface area contributed by atoms with E-state index < -0.39 is 6.10 Å². The summed E-state index contributed by atoms with van der Waals surface area (Å²) in [5.74, 6) is -0.220. The molecule has 0 heterocycles. The molecule has 0 aromatic carbocycles. The van der Waals surface area contributed by atoms with Crippen molar-refractivity contribution in [2.45, 2.75) is 161 Å². The van der Waals surface area contributed by atoms with Crippen LogP contribution in [0, 0.1) is 0 Å². The van der Waals surface area contributed by atoms with Crippen molar-refractivity contribution in [1.82, 2.24) is 0 Å². The van der Waals surface area contributed by atoms with E-state index in [1.165, 1.54) is 64.2 Å². The molecule has 0 aromatic heterocycles. The number of aliphatic hydroxyl groups is 1. The minimum absolute atomic E-state index is 0.181. The SMILES string of the molecule is CC/C=C\C/C=C\C/C=C\C/C=C\C/C=C\C/C=C\CCCCCCCCC(=O)OC(CO)COCCCCCCCCCC. The third-order valence-corrected chi connectivity index (χ3v) is 7.55. The Morgan fingerprint density at radius 1 is 0.556 bits per heavy atom. The van der Waals surface area contributed by atoms with Crippen LogP contribution in [0.3, 0.4) is 0 Å². The van der Waals surface area contributed by atoms with E-state index in [0.717, 1.165) is 70.6 Å². The molecule has 0 amide bonds. The fourth-order valence-electron chi connectivity index (χ4n) is 4.80. The van der Waals surface area contributed by atoms with Crippen LogP contribution in [-0.2, 0) is 14.3 Å². The third kappa shape index (κ3) is 36.2. The number of allylic oxidation sites excluding steroid dienone is 12. The van der Waals surface area contributed by atoms with Crippen LogP contribution in [0.5, 0.6) is 0 Å². The van der Waals surface area contributed by atoms with Crippen LogP contribution in [0.1, 0.15) is 155 Å². The monoisotopic (exact) mass is 627 g/mol. The van der Waals surface area contributed by atoms with Gasteiger partial charge in [-0.15, -0.1) is 0 Å². The highest BCUT2D eigenvalue weighted by Crippen LogP contribution is 2.11. The van der Waals surface area contributed by atoms with E-state index in [9.17, 15) is 9.90 Å². The predicted molar refractivity (Wildman–Crippen MR) is 196 cm³/mol. The summed E-state index contributed by atoms with van der Waals surface area (Å²) >= 11 is 0. The van der Waals surface area contributed by atoms with Crippen molar-refractivity contribution in [2.24, 2.45) is 0 Å². The van der Waals surface area contributed by atoms with Gasteiger partial charge < -0.3 is 14.6 Å². The average molecular weight is 627 g/mol. The van der Waals surface area contributed by atoms with Crippen molar-refractivity contribution in [2.75, 3.05) is 19.8 Å². The summed E-state index contributed by atoms with van der Waals surface area (Å²) in [5, 5.41) is 9.51.